The number of nitrogens with two attached hydrogens (primary N) is 2. The molecule has 114 valence electrons. The maximum Gasteiger partial charge on any atom is 0.257 e. The lowest BCUT2D eigenvalue weighted by Crippen LogP contribution is -2.27. The fraction of sp³-hybridized carbons (Fsp3) is 0.176. The third kappa shape index (κ3) is 3.49. The van der Waals surface area contributed by atoms with Gasteiger partial charge in [-0.25, -0.2) is 4.39 Å². The highest BCUT2D eigenvalue weighted by Gasteiger charge is 2.29. The van der Waals surface area contributed by atoms with E-state index >= 15 is 0 Å². The number of nitrogens with zero attached hydrogens (tertiary/aromatic N) is 1. The van der Waals surface area contributed by atoms with E-state index in [0.29, 0.717) is 5.56 Å². The number of hydrogen-bond acceptors (Lipinski definition) is 1. The zero-order valence-corrected chi connectivity index (χ0v) is 12.2. The van der Waals surface area contributed by atoms with Crippen molar-refractivity contribution in [3.63, 3.8) is 0 Å². The lowest BCUT2D eigenvalue weighted by Gasteiger charge is -2.22. The molecule has 2 rings (SSSR count). The molecule has 0 bridgehead atoms. The minimum Gasteiger partial charge on any atom is -0.370 e. The number of halogens is 1. The van der Waals surface area contributed by atoms with Gasteiger partial charge in [0, 0.05) is 0 Å². The number of rotatable bonds is 4. The lowest BCUT2D eigenvalue weighted by atomic mass is 9.82. The minimum absolute atomic E-state index is 0.299. The fourth-order valence-corrected chi connectivity index (χ4v) is 2.53. The maximum absolute atomic E-state index is 14.0. The zero-order chi connectivity index (χ0) is 16.1. The molecule has 22 heavy (non-hydrogen) atoms. The molecule has 0 radical (unpaired) electrons. The molecule has 0 heterocycles. The van der Waals surface area contributed by atoms with Crippen molar-refractivity contribution in [1.82, 2.24) is 0 Å². The average Bonchev–Trinajstić information content (AvgIpc) is 2.48. The molecule has 0 aliphatic carbocycles. The Labute approximate surface area is 128 Å². The van der Waals surface area contributed by atoms with Gasteiger partial charge in [0.1, 0.15) is 5.82 Å². The van der Waals surface area contributed by atoms with Crippen LogP contribution in [0.15, 0.2) is 59.6 Å². The Morgan fingerprint density at radius 3 is 2.23 bits per heavy atom. The van der Waals surface area contributed by atoms with Crippen LogP contribution in [-0.4, -0.2) is 11.9 Å². The van der Waals surface area contributed by atoms with Crippen molar-refractivity contribution in [3.8, 4) is 0 Å². The van der Waals surface area contributed by atoms with E-state index in [1.165, 1.54) is 6.07 Å². The first-order valence-electron chi connectivity index (χ1n) is 6.93. The molecule has 4 N–H and O–H groups in total. The number of benzene rings is 2. The van der Waals surface area contributed by atoms with Crippen molar-refractivity contribution in [1.29, 1.82) is 0 Å². The summed E-state index contributed by atoms with van der Waals surface area (Å²) in [5.41, 5.74) is 11.8. The predicted octanol–water partition coefficient (Wildman–Crippen LogP) is 2.51. The molecule has 2 atom stereocenters. The van der Waals surface area contributed by atoms with Crippen molar-refractivity contribution in [2.24, 2.45) is 16.5 Å². The Bertz CT molecular complexity index is 681. The van der Waals surface area contributed by atoms with E-state index in [2.05, 4.69) is 4.99 Å². The van der Waals surface area contributed by atoms with Crippen LogP contribution in [-0.2, 0) is 4.79 Å². The Morgan fingerprint density at radius 1 is 1.05 bits per heavy atom. The third-order valence-electron chi connectivity index (χ3n) is 3.56. The number of aliphatic imine (C=N–C) groups is 1. The van der Waals surface area contributed by atoms with Gasteiger partial charge in [0.05, 0.1) is 5.92 Å². The van der Waals surface area contributed by atoms with Gasteiger partial charge in [-0.05, 0) is 23.1 Å². The molecule has 0 aliphatic rings. The van der Waals surface area contributed by atoms with Crippen molar-refractivity contribution in [2.75, 3.05) is 0 Å². The summed E-state index contributed by atoms with van der Waals surface area (Å²) in [6, 6.07) is 15.5. The molecule has 0 aromatic heterocycles. The van der Waals surface area contributed by atoms with Crippen LogP contribution in [0.25, 0.3) is 0 Å². The zero-order valence-electron chi connectivity index (χ0n) is 12.2. The van der Waals surface area contributed by atoms with Crippen LogP contribution in [0.4, 0.5) is 4.39 Å². The number of carbonyl (C=O) groups is 1. The van der Waals surface area contributed by atoms with E-state index in [1.807, 2.05) is 30.3 Å². The van der Waals surface area contributed by atoms with Crippen LogP contribution in [0.2, 0.25) is 0 Å². The van der Waals surface area contributed by atoms with Crippen LogP contribution >= 0.6 is 0 Å². The molecule has 2 aromatic rings. The summed E-state index contributed by atoms with van der Waals surface area (Å²) in [7, 11) is 0. The number of hydrogen-bond donors (Lipinski definition) is 2. The SMILES string of the molecule is CC(c1ccccc1F)C(C(=O)N=C(N)N)c1ccccc1. The summed E-state index contributed by atoms with van der Waals surface area (Å²) in [5, 5.41) is 0. The van der Waals surface area contributed by atoms with Gasteiger partial charge in [0.25, 0.3) is 5.91 Å². The summed E-state index contributed by atoms with van der Waals surface area (Å²) < 4.78 is 14.0. The largest absolute Gasteiger partial charge is 0.370 e. The topological polar surface area (TPSA) is 81.5 Å². The van der Waals surface area contributed by atoms with E-state index in [4.69, 9.17) is 11.5 Å². The lowest BCUT2D eigenvalue weighted by molar-refractivity contribution is -0.119. The fourth-order valence-electron chi connectivity index (χ4n) is 2.53. The van der Waals surface area contributed by atoms with E-state index in [-0.39, 0.29) is 11.8 Å². The standard InChI is InChI=1S/C17H18FN3O/c1-11(13-9-5-6-10-14(13)18)15(16(22)21-17(19)20)12-7-3-2-4-8-12/h2-11,15H,1H3,(H4,19,20,21,22). The predicted molar refractivity (Wildman–Crippen MR) is 84.8 cm³/mol. The van der Waals surface area contributed by atoms with Crippen molar-refractivity contribution >= 4 is 11.9 Å². The molecule has 0 fully saturated rings. The van der Waals surface area contributed by atoms with Gasteiger partial charge in [-0.2, -0.15) is 4.99 Å². The summed E-state index contributed by atoms with van der Waals surface area (Å²) in [6.07, 6.45) is 0. The Kier molecular flexibility index (Phi) is 4.88. The Hall–Kier alpha value is -2.69. The number of guanidine groups is 1. The highest BCUT2D eigenvalue weighted by molar-refractivity contribution is 5.95. The monoisotopic (exact) mass is 299 g/mol. The number of amides is 1. The summed E-state index contributed by atoms with van der Waals surface area (Å²) in [6.45, 7) is 1.79. The van der Waals surface area contributed by atoms with Crippen LogP contribution in [0.3, 0.4) is 0 Å². The minimum atomic E-state index is -0.653. The van der Waals surface area contributed by atoms with Gasteiger partial charge in [-0.3, -0.25) is 4.79 Å². The van der Waals surface area contributed by atoms with E-state index < -0.39 is 17.7 Å². The van der Waals surface area contributed by atoms with E-state index in [1.54, 1.807) is 25.1 Å². The first-order chi connectivity index (χ1) is 10.5. The molecule has 0 aliphatic heterocycles. The molecule has 0 saturated heterocycles. The average molecular weight is 299 g/mol. The van der Waals surface area contributed by atoms with Gasteiger partial charge >= 0.3 is 0 Å². The first kappa shape index (κ1) is 15.7. The van der Waals surface area contributed by atoms with Gasteiger partial charge < -0.3 is 11.5 Å². The Balaban J connectivity index is 2.47. The second-order valence-electron chi connectivity index (χ2n) is 5.07. The van der Waals surface area contributed by atoms with Crippen molar-refractivity contribution in [2.45, 2.75) is 18.8 Å². The van der Waals surface area contributed by atoms with Gasteiger partial charge in [0.15, 0.2) is 5.96 Å². The molecule has 2 unspecified atom stereocenters. The van der Waals surface area contributed by atoms with Crippen LogP contribution in [0.5, 0.6) is 0 Å². The molecule has 0 spiro atoms. The Morgan fingerprint density at radius 2 is 1.64 bits per heavy atom. The van der Waals surface area contributed by atoms with E-state index in [9.17, 15) is 9.18 Å². The highest BCUT2D eigenvalue weighted by atomic mass is 19.1. The summed E-state index contributed by atoms with van der Waals surface area (Å²) in [5.74, 6) is -2.19. The van der Waals surface area contributed by atoms with Crippen LogP contribution in [0.1, 0.15) is 29.9 Å². The normalized spacial score (nSPS) is 13.2. The van der Waals surface area contributed by atoms with Gasteiger partial charge in [-0.15, -0.1) is 0 Å². The second-order valence-corrected chi connectivity index (χ2v) is 5.07. The van der Waals surface area contributed by atoms with Crippen LogP contribution in [0, 0.1) is 5.82 Å². The van der Waals surface area contributed by atoms with Gasteiger partial charge in [0.2, 0.25) is 0 Å². The van der Waals surface area contributed by atoms with Gasteiger partial charge in [-0.1, -0.05) is 55.5 Å². The quantitative estimate of drug-likeness (QED) is 0.672. The molecule has 4 nitrogen and oxygen atoms in total. The maximum atomic E-state index is 14.0. The van der Waals surface area contributed by atoms with Crippen molar-refractivity contribution in [3.05, 3.63) is 71.5 Å². The number of carbonyl (C=O) groups excluding carboxylic acids is 1. The smallest absolute Gasteiger partial charge is 0.257 e. The molecule has 0 saturated carbocycles. The highest BCUT2D eigenvalue weighted by Crippen LogP contribution is 2.34. The summed E-state index contributed by atoms with van der Waals surface area (Å²) in [4.78, 5) is 16.1. The first-order valence-corrected chi connectivity index (χ1v) is 6.93. The van der Waals surface area contributed by atoms with Crippen molar-refractivity contribution < 1.29 is 9.18 Å². The molecule has 5 heteroatoms. The molecular formula is C17H18FN3O. The molecular weight excluding hydrogens is 281 g/mol. The van der Waals surface area contributed by atoms with Crippen LogP contribution < -0.4 is 11.5 Å². The second kappa shape index (κ2) is 6.85. The molecule has 1 amide bonds. The molecule has 2 aromatic carbocycles. The van der Waals surface area contributed by atoms with E-state index in [0.717, 1.165) is 5.56 Å². The third-order valence-corrected chi connectivity index (χ3v) is 3.56. The summed E-state index contributed by atoms with van der Waals surface area (Å²) >= 11 is 0.